The summed E-state index contributed by atoms with van der Waals surface area (Å²) in [6.07, 6.45) is 1.02. The van der Waals surface area contributed by atoms with Crippen LogP contribution in [-0.2, 0) is 4.79 Å². The highest BCUT2D eigenvalue weighted by molar-refractivity contribution is 5.85. The van der Waals surface area contributed by atoms with Gasteiger partial charge >= 0.3 is 0 Å². The number of anilines is 1. The highest BCUT2D eigenvalue weighted by Crippen LogP contribution is 2.29. The molecular weight excluding hydrogens is 312 g/mol. The van der Waals surface area contributed by atoms with E-state index in [0.717, 1.165) is 26.2 Å². The van der Waals surface area contributed by atoms with Gasteiger partial charge in [0.2, 0.25) is 0 Å². The number of rotatable bonds is 5. The first-order valence-electron chi connectivity index (χ1n) is 7.42. The van der Waals surface area contributed by atoms with E-state index in [0.29, 0.717) is 11.3 Å². The molecule has 1 aliphatic heterocycles. The van der Waals surface area contributed by atoms with Crippen molar-refractivity contribution in [2.75, 3.05) is 38.1 Å². The fourth-order valence-corrected chi connectivity index (χ4v) is 2.37. The number of nitrogens with zero attached hydrogens (tertiary/aromatic N) is 5. The van der Waals surface area contributed by atoms with E-state index in [-0.39, 0.29) is 12.1 Å². The molecule has 0 atom stereocenters. The van der Waals surface area contributed by atoms with Gasteiger partial charge in [0.1, 0.15) is 12.1 Å². The number of piperazine rings is 1. The molecule has 0 aliphatic carbocycles. The van der Waals surface area contributed by atoms with Crippen molar-refractivity contribution in [3.63, 3.8) is 0 Å². The van der Waals surface area contributed by atoms with E-state index in [1.807, 2.05) is 11.9 Å². The zero-order valence-corrected chi connectivity index (χ0v) is 13.3. The minimum Gasteiger partial charge on any atom is -0.363 e. The molecular formula is C15H18N6O3. The van der Waals surface area contributed by atoms with Gasteiger partial charge in [0.15, 0.2) is 0 Å². The largest absolute Gasteiger partial charge is 0.363 e. The van der Waals surface area contributed by atoms with E-state index >= 15 is 0 Å². The lowest BCUT2D eigenvalue weighted by molar-refractivity contribution is -0.384. The van der Waals surface area contributed by atoms with Gasteiger partial charge < -0.3 is 9.80 Å². The Kier molecular flexibility index (Phi) is 5.81. The Morgan fingerprint density at radius 2 is 2.17 bits per heavy atom. The number of hydrogen-bond acceptors (Lipinski definition) is 7. The molecule has 0 bridgehead atoms. The van der Waals surface area contributed by atoms with Crippen LogP contribution in [0.1, 0.15) is 12.0 Å². The molecule has 1 N–H and O–H groups in total. The molecule has 24 heavy (non-hydrogen) atoms. The number of amides is 1. The fourth-order valence-electron chi connectivity index (χ4n) is 2.37. The Labute approximate surface area is 139 Å². The van der Waals surface area contributed by atoms with Gasteiger partial charge in [0.05, 0.1) is 17.2 Å². The van der Waals surface area contributed by atoms with Gasteiger partial charge in [-0.3, -0.25) is 14.9 Å². The number of benzene rings is 1. The first kappa shape index (κ1) is 17.4. The molecule has 0 aromatic heterocycles. The van der Waals surface area contributed by atoms with Crippen molar-refractivity contribution in [2.24, 2.45) is 5.10 Å². The maximum atomic E-state index is 11.4. The number of nitro groups is 1. The Morgan fingerprint density at radius 1 is 1.46 bits per heavy atom. The highest BCUT2D eigenvalue weighted by atomic mass is 16.6. The van der Waals surface area contributed by atoms with E-state index < -0.39 is 10.8 Å². The number of carbonyl (C=O) groups excluding carboxylic acids is 1. The Morgan fingerprint density at radius 3 is 2.79 bits per heavy atom. The average Bonchev–Trinajstić information content (AvgIpc) is 2.56. The molecule has 1 amide bonds. The van der Waals surface area contributed by atoms with Crippen LogP contribution >= 0.6 is 0 Å². The summed E-state index contributed by atoms with van der Waals surface area (Å²) in [6, 6.07) is 6.53. The molecule has 1 aliphatic rings. The van der Waals surface area contributed by atoms with Crippen LogP contribution in [0.5, 0.6) is 0 Å². The minimum absolute atomic E-state index is 0.00635. The Balaban J connectivity index is 2.15. The second kappa shape index (κ2) is 8.03. The van der Waals surface area contributed by atoms with E-state index in [9.17, 15) is 14.9 Å². The number of hydrazone groups is 1. The molecule has 0 spiro atoms. The topological polar surface area (TPSA) is 115 Å². The Hall–Kier alpha value is -2.99. The molecule has 9 nitrogen and oxygen atoms in total. The summed E-state index contributed by atoms with van der Waals surface area (Å²) in [4.78, 5) is 26.2. The van der Waals surface area contributed by atoms with Gasteiger partial charge in [-0.05, 0) is 13.1 Å². The lowest BCUT2D eigenvalue weighted by Crippen LogP contribution is -2.44. The van der Waals surface area contributed by atoms with Crippen LogP contribution in [-0.4, -0.2) is 55.2 Å². The number of carbonyl (C=O) groups is 1. The average molecular weight is 330 g/mol. The lowest BCUT2D eigenvalue weighted by atomic mass is 10.1. The summed E-state index contributed by atoms with van der Waals surface area (Å²) < 4.78 is 0. The highest BCUT2D eigenvalue weighted by Gasteiger charge is 2.22. The predicted molar refractivity (Wildman–Crippen MR) is 88.8 cm³/mol. The van der Waals surface area contributed by atoms with Crippen molar-refractivity contribution in [3.8, 4) is 6.07 Å². The molecule has 0 unspecified atom stereocenters. The zero-order chi connectivity index (χ0) is 17.5. The molecule has 1 saturated heterocycles. The van der Waals surface area contributed by atoms with Crippen molar-refractivity contribution in [1.82, 2.24) is 10.3 Å². The number of hydrogen-bond donors (Lipinski definition) is 1. The van der Waals surface area contributed by atoms with Crippen molar-refractivity contribution in [2.45, 2.75) is 6.42 Å². The summed E-state index contributed by atoms with van der Waals surface area (Å²) in [5, 5.41) is 23.4. The van der Waals surface area contributed by atoms with E-state index in [2.05, 4.69) is 15.4 Å². The maximum Gasteiger partial charge on any atom is 0.293 e. The summed E-state index contributed by atoms with van der Waals surface area (Å²) in [5.74, 6) is -0.530. The summed E-state index contributed by atoms with van der Waals surface area (Å²) in [5.41, 5.74) is 3.27. The van der Waals surface area contributed by atoms with Crippen LogP contribution in [0.4, 0.5) is 11.4 Å². The first-order chi connectivity index (χ1) is 11.5. The van der Waals surface area contributed by atoms with Gasteiger partial charge in [-0.15, -0.1) is 0 Å². The molecule has 126 valence electrons. The Bertz CT molecular complexity index is 689. The molecule has 1 aromatic rings. The van der Waals surface area contributed by atoms with Crippen LogP contribution in [0.3, 0.4) is 0 Å². The number of nitro benzene ring substituents is 1. The van der Waals surface area contributed by atoms with Crippen LogP contribution < -0.4 is 10.3 Å². The zero-order valence-electron chi connectivity index (χ0n) is 13.3. The third-order valence-electron chi connectivity index (χ3n) is 3.68. The van der Waals surface area contributed by atoms with Crippen LogP contribution in [0, 0.1) is 21.4 Å². The van der Waals surface area contributed by atoms with E-state index in [1.54, 1.807) is 18.2 Å². The van der Waals surface area contributed by atoms with E-state index in [4.69, 9.17) is 5.26 Å². The second-order valence-corrected chi connectivity index (χ2v) is 5.42. The van der Waals surface area contributed by atoms with Crippen molar-refractivity contribution in [3.05, 3.63) is 33.9 Å². The van der Waals surface area contributed by atoms with Crippen LogP contribution in [0.25, 0.3) is 0 Å². The van der Waals surface area contributed by atoms with Gasteiger partial charge in [-0.2, -0.15) is 10.4 Å². The van der Waals surface area contributed by atoms with Gasteiger partial charge in [0, 0.05) is 37.8 Å². The summed E-state index contributed by atoms with van der Waals surface area (Å²) >= 11 is 0. The van der Waals surface area contributed by atoms with E-state index in [1.165, 1.54) is 12.3 Å². The van der Waals surface area contributed by atoms with Gasteiger partial charge in [-0.25, -0.2) is 5.43 Å². The lowest BCUT2D eigenvalue weighted by Gasteiger charge is -2.33. The molecule has 2 rings (SSSR count). The van der Waals surface area contributed by atoms with Crippen LogP contribution in [0.15, 0.2) is 23.3 Å². The molecule has 9 heteroatoms. The molecule has 0 radical (unpaired) electrons. The summed E-state index contributed by atoms with van der Waals surface area (Å²) in [7, 11) is 2.02. The third kappa shape index (κ3) is 4.50. The standard InChI is InChI=1S/C15H18N6O3/c1-19-6-8-20(9-7-19)13-3-2-12(10-14(13)21(23)24)11-17-18-15(22)4-5-16/h2-3,10-11H,4,6-9H2,1H3,(H,18,22)/b17-11+. The molecule has 0 saturated carbocycles. The normalized spacial score (nSPS) is 15.2. The number of nitriles is 1. The van der Waals surface area contributed by atoms with Gasteiger partial charge in [-0.1, -0.05) is 6.07 Å². The second-order valence-electron chi connectivity index (χ2n) is 5.42. The predicted octanol–water partition coefficient (Wildman–Crippen LogP) is 0.710. The van der Waals surface area contributed by atoms with Crippen LogP contribution in [0.2, 0.25) is 0 Å². The quantitative estimate of drug-likeness (QED) is 0.483. The monoisotopic (exact) mass is 330 g/mol. The SMILES string of the molecule is CN1CCN(c2ccc(/C=N/NC(=O)CC#N)cc2[N+](=O)[O-])CC1. The van der Waals surface area contributed by atoms with Crippen molar-refractivity contribution < 1.29 is 9.72 Å². The molecule has 1 fully saturated rings. The number of nitrogens with one attached hydrogen (secondary N) is 1. The first-order valence-corrected chi connectivity index (χ1v) is 7.42. The van der Waals surface area contributed by atoms with Crippen molar-refractivity contribution in [1.29, 1.82) is 5.26 Å². The molecule has 1 aromatic carbocycles. The third-order valence-corrected chi connectivity index (χ3v) is 3.68. The fraction of sp³-hybridized carbons (Fsp3) is 0.400. The molecule has 1 heterocycles. The number of likely N-dealkylation sites (N-methyl/N-ethyl adjacent to an activating group) is 1. The maximum absolute atomic E-state index is 11.4. The summed E-state index contributed by atoms with van der Waals surface area (Å²) in [6.45, 7) is 3.17. The van der Waals surface area contributed by atoms with Crippen molar-refractivity contribution >= 4 is 23.5 Å². The van der Waals surface area contributed by atoms with Gasteiger partial charge in [0.25, 0.3) is 11.6 Å². The minimum atomic E-state index is -0.530. The smallest absolute Gasteiger partial charge is 0.293 e.